The lowest BCUT2D eigenvalue weighted by Gasteiger charge is -2.21. The zero-order valence-electron chi connectivity index (χ0n) is 13.3. The molecule has 0 bridgehead atoms. The van der Waals surface area contributed by atoms with E-state index in [1.807, 2.05) is 36.4 Å². The number of benzene rings is 2. The predicted molar refractivity (Wildman–Crippen MR) is 94.6 cm³/mol. The maximum atomic E-state index is 12.1. The zero-order valence-corrected chi connectivity index (χ0v) is 13.3. The number of carbonyl (C=O) groups is 1. The molecule has 0 unspecified atom stereocenters. The van der Waals surface area contributed by atoms with Crippen LogP contribution in [0, 0.1) is 0 Å². The fourth-order valence-electron chi connectivity index (χ4n) is 2.88. The highest BCUT2D eigenvalue weighted by atomic mass is 16.3. The first kappa shape index (κ1) is 15.2. The predicted octanol–water partition coefficient (Wildman–Crippen LogP) is 3.73. The third kappa shape index (κ3) is 2.80. The van der Waals surface area contributed by atoms with Crippen molar-refractivity contribution in [1.82, 2.24) is 0 Å². The maximum absolute atomic E-state index is 12.1. The van der Waals surface area contributed by atoms with Gasteiger partial charge in [0.1, 0.15) is 5.75 Å². The van der Waals surface area contributed by atoms with E-state index < -0.39 is 0 Å². The van der Waals surface area contributed by atoms with Crippen LogP contribution in [0.2, 0.25) is 0 Å². The van der Waals surface area contributed by atoms with Crippen molar-refractivity contribution in [3.05, 3.63) is 53.6 Å². The Morgan fingerprint density at radius 1 is 1.13 bits per heavy atom. The van der Waals surface area contributed by atoms with Gasteiger partial charge in [-0.3, -0.25) is 4.79 Å². The van der Waals surface area contributed by atoms with E-state index in [-0.39, 0.29) is 11.7 Å². The van der Waals surface area contributed by atoms with Crippen molar-refractivity contribution < 1.29 is 9.90 Å². The van der Waals surface area contributed by atoms with Gasteiger partial charge >= 0.3 is 0 Å². The van der Waals surface area contributed by atoms with Crippen molar-refractivity contribution in [3.63, 3.8) is 0 Å². The van der Waals surface area contributed by atoms with E-state index in [0.29, 0.717) is 11.1 Å². The van der Waals surface area contributed by atoms with Crippen LogP contribution in [-0.4, -0.2) is 24.1 Å². The molecule has 1 amide bonds. The molecular formula is C19H20N2O2. The highest BCUT2D eigenvalue weighted by Crippen LogP contribution is 2.35. The first-order chi connectivity index (χ1) is 11.1. The molecule has 2 aromatic rings. The highest BCUT2D eigenvalue weighted by Gasteiger charge is 2.23. The van der Waals surface area contributed by atoms with Crippen molar-refractivity contribution in [2.24, 2.45) is 0 Å². The van der Waals surface area contributed by atoms with E-state index in [4.69, 9.17) is 0 Å². The maximum Gasteiger partial charge on any atom is 0.256 e. The number of hydrogen-bond acceptors (Lipinski definition) is 3. The van der Waals surface area contributed by atoms with Crippen LogP contribution in [0.4, 0.5) is 11.4 Å². The SMILES string of the molecule is CCN(CC)c1ccc(/C=C2\C(=O)Nc3ccccc32)c(O)c1. The summed E-state index contributed by atoms with van der Waals surface area (Å²) in [6.45, 7) is 5.92. The molecule has 0 atom stereocenters. The van der Waals surface area contributed by atoms with Crippen molar-refractivity contribution in [2.75, 3.05) is 23.3 Å². The van der Waals surface area contributed by atoms with E-state index in [9.17, 15) is 9.90 Å². The van der Waals surface area contributed by atoms with Gasteiger partial charge in [0.25, 0.3) is 5.91 Å². The van der Waals surface area contributed by atoms with Gasteiger partial charge in [-0.2, -0.15) is 0 Å². The quantitative estimate of drug-likeness (QED) is 0.846. The van der Waals surface area contributed by atoms with E-state index in [2.05, 4.69) is 24.1 Å². The Bertz CT molecular complexity index is 777. The molecule has 2 aromatic carbocycles. The summed E-state index contributed by atoms with van der Waals surface area (Å²) in [5.41, 5.74) is 3.87. The van der Waals surface area contributed by atoms with E-state index >= 15 is 0 Å². The average Bonchev–Trinajstić information content (AvgIpc) is 2.87. The molecule has 23 heavy (non-hydrogen) atoms. The molecule has 2 N–H and O–H groups in total. The number of amides is 1. The summed E-state index contributed by atoms with van der Waals surface area (Å²) in [6.07, 6.45) is 1.74. The van der Waals surface area contributed by atoms with Crippen LogP contribution in [0.1, 0.15) is 25.0 Å². The normalized spacial score (nSPS) is 14.7. The summed E-state index contributed by atoms with van der Waals surface area (Å²) >= 11 is 0. The highest BCUT2D eigenvalue weighted by molar-refractivity contribution is 6.35. The Hall–Kier alpha value is -2.75. The zero-order chi connectivity index (χ0) is 16.4. The standard InChI is InChI=1S/C19H20N2O2/c1-3-21(4-2)14-10-9-13(18(22)12-14)11-16-15-7-5-6-8-17(15)20-19(16)23/h5-12,22H,3-4H2,1-2H3,(H,20,23)/b16-11-. The Kier molecular flexibility index (Phi) is 4.06. The van der Waals surface area contributed by atoms with Crippen molar-refractivity contribution in [2.45, 2.75) is 13.8 Å². The lowest BCUT2D eigenvalue weighted by molar-refractivity contribution is -0.110. The minimum absolute atomic E-state index is 0.140. The monoisotopic (exact) mass is 308 g/mol. The molecule has 0 saturated heterocycles. The number of phenols is 1. The lowest BCUT2D eigenvalue weighted by atomic mass is 10.0. The first-order valence-corrected chi connectivity index (χ1v) is 7.84. The van der Waals surface area contributed by atoms with Crippen LogP contribution in [0.5, 0.6) is 5.75 Å². The largest absolute Gasteiger partial charge is 0.507 e. The Morgan fingerprint density at radius 2 is 1.87 bits per heavy atom. The summed E-state index contributed by atoms with van der Waals surface area (Å²) in [5.74, 6) is 0.0394. The minimum atomic E-state index is -0.140. The number of rotatable bonds is 4. The average molecular weight is 308 g/mol. The molecule has 0 radical (unpaired) electrons. The van der Waals surface area contributed by atoms with Gasteiger partial charge in [0, 0.05) is 47.2 Å². The van der Waals surface area contributed by atoms with Gasteiger partial charge in [0.15, 0.2) is 0 Å². The minimum Gasteiger partial charge on any atom is -0.507 e. The van der Waals surface area contributed by atoms with Gasteiger partial charge in [0.05, 0.1) is 0 Å². The van der Waals surface area contributed by atoms with Gasteiger partial charge in [-0.15, -0.1) is 0 Å². The molecule has 0 saturated carbocycles. The summed E-state index contributed by atoms with van der Waals surface area (Å²) in [4.78, 5) is 14.3. The molecule has 4 heteroatoms. The summed E-state index contributed by atoms with van der Waals surface area (Å²) in [5, 5.41) is 13.2. The van der Waals surface area contributed by atoms with Crippen molar-refractivity contribution in [1.29, 1.82) is 0 Å². The van der Waals surface area contributed by atoms with E-state index in [1.54, 1.807) is 12.1 Å². The molecule has 0 aliphatic carbocycles. The van der Waals surface area contributed by atoms with Gasteiger partial charge in [-0.1, -0.05) is 18.2 Å². The van der Waals surface area contributed by atoms with Crippen LogP contribution in [-0.2, 0) is 4.79 Å². The molecule has 0 fully saturated rings. The molecule has 1 heterocycles. The third-order valence-corrected chi connectivity index (χ3v) is 4.15. The Morgan fingerprint density at radius 3 is 2.57 bits per heavy atom. The second kappa shape index (κ2) is 6.16. The summed E-state index contributed by atoms with van der Waals surface area (Å²) in [7, 11) is 0. The topological polar surface area (TPSA) is 52.6 Å². The molecule has 3 rings (SSSR count). The number of para-hydroxylation sites is 1. The summed E-state index contributed by atoms with van der Waals surface area (Å²) < 4.78 is 0. The van der Waals surface area contributed by atoms with Crippen LogP contribution < -0.4 is 10.2 Å². The number of phenolic OH excluding ortho intramolecular Hbond substituents is 1. The Labute approximate surface area is 136 Å². The number of fused-ring (bicyclic) bond motifs is 1. The second-order valence-corrected chi connectivity index (χ2v) is 5.47. The molecule has 118 valence electrons. The molecule has 0 spiro atoms. The van der Waals surface area contributed by atoms with Gasteiger partial charge in [-0.05, 0) is 38.1 Å². The number of hydrogen-bond donors (Lipinski definition) is 2. The van der Waals surface area contributed by atoms with Gasteiger partial charge < -0.3 is 15.3 Å². The van der Waals surface area contributed by atoms with Gasteiger partial charge in [0.2, 0.25) is 0 Å². The van der Waals surface area contributed by atoms with Crippen molar-refractivity contribution >= 4 is 28.9 Å². The molecule has 1 aliphatic heterocycles. The van der Waals surface area contributed by atoms with E-state index in [1.165, 1.54) is 0 Å². The number of nitrogens with zero attached hydrogens (tertiary/aromatic N) is 1. The van der Waals surface area contributed by atoms with Crippen LogP contribution in [0.15, 0.2) is 42.5 Å². The summed E-state index contributed by atoms with van der Waals surface area (Å²) in [6, 6.07) is 13.1. The fraction of sp³-hybridized carbons (Fsp3) is 0.211. The Balaban J connectivity index is 1.99. The van der Waals surface area contributed by atoms with Crippen LogP contribution >= 0.6 is 0 Å². The molecule has 0 aromatic heterocycles. The number of nitrogens with one attached hydrogen (secondary N) is 1. The van der Waals surface area contributed by atoms with Crippen molar-refractivity contribution in [3.8, 4) is 5.75 Å². The smallest absolute Gasteiger partial charge is 0.256 e. The lowest BCUT2D eigenvalue weighted by Crippen LogP contribution is -2.21. The first-order valence-electron chi connectivity index (χ1n) is 7.84. The van der Waals surface area contributed by atoms with E-state index in [0.717, 1.165) is 30.0 Å². The van der Waals surface area contributed by atoms with Crippen LogP contribution in [0.25, 0.3) is 11.6 Å². The number of aromatic hydroxyl groups is 1. The fourth-order valence-corrected chi connectivity index (χ4v) is 2.88. The molecule has 1 aliphatic rings. The number of anilines is 2. The second-order valence-electron chi connectivity index (χ2n) is 5.47. The third-order valence-electron chi connectivity index (χ3n) is 4.15. The van der Waals surface area contributed by atoms with Gasteiger partial charge in [-0.25, -0.2) is 0 Å². The van der Waals surface area contributed by atoms with Crippen LogP contribution in [0.3, 0.4) is 0 Å². The molecule has 4 nitrogen and oxygen atoms in total. The molecular weight excluding hydrogens is 288 g/mol. The number of carbonyl (C=O) groups excluding carboxylic acids is 1.